The van der Waals surface area contributed by atoms with Gasteiger partial charge in [-0.25, -0.2) is 8.78 Å². The Hall–Kier alpha value is -5.85. The number of carbonyl (C=O) groups is 2. The average Bonchev–Trinajstić information content (AvgIpc) is 3.86. The topological polar surface area (TPSA) is 116 Å². The van der Waals surface area contributed by atoms with Gasteiger partial charge in [-0.1, -0.05) is 18.2 Å². The molecular weight excluding hydrogens is 666 g/mol. The molecule has 11 nitrogen and oxygen atoms in total. The minimum atomic E-state index is -0.460. The fraction of sp³-hybridized carbons (Fsp3) is 0.308. The van der Waals surface area contributed by atoms with E-state index in [1.165, 1.54) is 18.1 Å². The maximum Gasteiger partial charge on any atom is 0.269 e. The number of rotatable bonds is 9. The molecule has 0 aliphatic carbocycles. The Bertz CT molecular complexity index is 2140. The van der Waals surface area contributed by atoms with Crippen molar-refractivity contribution in [1.29, 1.82) is 0 Å². The van der Waals surface area contributed by atoms with Crippen LogP contribution in [0.2, 0.25) is 0 Å². The highest BCUT2D eigenvalue weighted by atomic mass is 19.1. The number of nitrogens with one attached hydrogen (secondary N) is 1. The van der Waals surface area contributed by atoms with Gasteiger partial charge >= 0.3 is 0 Å². The number of H-pyrrole nitrogens is 1. The molecule has 2 aliphatic heterocycles. The molecule has 0 unspecified atom stereocenters. The number of methoxy groups -OCH3 is 1. The molecule has 13 heteroatoms. The highest BCUT2D eigenvalue weighted by molar-refractivity contribution is 6.04. The van der Waals surface area contributed by atoms with Crippen molar-refractivity contribution in [2.45, 2.75) is 19.4 Å². The van der Waals surface area contributed by atoms with Crippen molar-refractivity contribution in [3.63, 3.8) is 0 Å². The second-order valence-electron chi connectivity index (χ2n) is 13.4. The Labute approximate surface area is 300 Å². The lowest BCUT2D eigenvalue weighted by Crippen LogP contribution is -2.46. The summed E-state index contributed by atoms with van der Waals surface area (Å²) < 4.78 is 38.3. The van der Waals surface area contributed by atoms with Crippen molar-refractivity contribution < 1.29 is 23.1 Å². The van der Waals surface area contributed by atoms with Crippen molar-refractivity contribution in [2.75, 3.05) is 76.0 Å². The molecule has 2 aromatic heterocycles. The zero-order chi connectivity index (χ0) is 36.5. The van der Waals surface area contributed by atoms with Crippen molar-refractivity contribution in [3.8, 4) is 16.9 Å². The number of hydrogen-bond donors (Lipinski definition) is 2. The van der Waals surface area contributed by atoms with E-state index in [0.29, 0.717) is 74.5 Å². The molecule has 7 rings (SSSR count). The molecule has 3 N–H and O–H groups in total. The Morgan fingerprint density at radius 1 is 0.981 bits per heavy atom. The number of hydrogen-bond acceptors (Lipinski definition) is 7. The van der Waals surface area contributed by atoms with Gasteiger partial charge in [-0.2, -0.15) is 5.10 Å². The Morgan fingerprint density at radius 2 is 1.73 bits per heavy atom. The van der Waals surface area contributed by atoms with E-state index in [1.807, 2.05) is 53.6 Å². The molecule has 52 heavy (non-hydrogen) atoms. The molecular formula is C39H42F2N8O3. The molecule has 1 saturated heterocycles. The van der Waals surface area contributed by atoms with Crippen LogP contribution in [0.1, 0.15) is 28.9 Å². The summed E-state index contributed by atoms with van der Waals surface area (Å²) in [6.07, 6.45) is 6.39. The van der Waals surface area contributed by atoms with Gasteiger partial charge in [0, 0.05) is 107 Å². The quantitative estimate of drug-likeness (QED) is 0.191. The van der Waals surface area contributed by atoms with Gasteiger partial charge in [-0.15, -0.1) is 0 Å². The number of anilines is 3. The van der Waals surface area contributed by atoms with Crippen LogP contribution in [-0.2, 0) is 11.3 Å². The molecule has 3 aromatic carbocycles. The highest BCUT2D eigenvalue weighted by Crippen LogP contribution is 2.38. The first-order valence-corrected chi connectivity index (χ1v) is 17.4. The summed E-state index contributed by atoms with van der Waals surface area (Å²) in [5.41, 5.74) is 10.9. The molecule has 2 amide bonds. The number of nitrogen functional groups attached to an aromatic ring is 1. The summed E-state index contributed by atoms with van der Waals surface area (Å²) in [6.45, 7) is 3.88. The maximum absolute atomic E-state index is 16.5. The number of nitrogens with two attached hydrogens (primary N) is 1. The predicted molar refractivity (Wildman–Crippen MR) is 200 cm³/mol. The van der Waals surface area contributed by atoms with E-state index in [9.17, 15) is 14.0 Å². The van der Waals surface area contributed by atoms with Crippen LogP contribution in [0.3, 0.4) is 0 Å². The summed E-state index contributed by atoms with van der Waals surface area (Å²) in [4.78, 5) is 36.7. The van der Waals surface area contributed by atoms with Crippen molar-refractivity contribution in [1.82, 2.24) is 24.6 Å². The monoisotopic (exact) mass is 708 g/mol. The first kappa shape index (κ1) is 34.6. The first-order valence-electron chi connectivity index (χ1n) is 17.4. The maximum atomic E-state index is 16.5. The van der Waals surface area contributed by atoms with Gasteiger partial charge in [0.1, 0.15) is 17.3 Å². The molecule has 0 bridgehead atoms. The molecule has 0 atom stereocenters. The Balaban J connectivity index is 1.15. The lowest BCUT2D eigenvalue weighted by Gasteiger charge is -2.37. The first-order chi connectivity index (χ1) is 25.1. The standard InChI is InChI=1S/C39H42F2N8O3/c1-45(2)39(51)33-21-30-28(20-29(37(41)38(30)44-33)26-6-4-13-48(24-26)36(50)11-15-49-14-5-12-43-49)25-7-9-27(10-8-25)46-16-18-47(19-17-46)34-23-35(52-3)32(42)22-31(34)40/h5-10,12,14,20-23,44H,4,11,13,15-19,24,42H2,1-3H3. The van der Waals surface area contributed by atoms with Crippen LogP contribution in [0.5, 0.6) is 5.75 Å². The van der Waals surface area contributed by atoms with E-state index in [-0.39, 0.29) is 41.1 Å². The summed E-state index contributed by atoms with van der Waals surface area (Å²) >= 11 is 0. The SMILES string of the molecule is COc1cc(N2CCN(c3ccc(-c4cc(C5=CCCN(C(=O)CCn6cccn6)C5)c(F)c5[nH]c(C(=O)N(C)C)cc45)cc3)CC2)c(F)cc1N. The molecule has 0 radical (unpaired) electrons. The average molecular weight is 709 g/mol. The van der Waals surface area contributed by atoms with Gasteiger partial charge in [0.25, 0.3) is 5.91 Å². The number of benzene rings is 3. The Morgan fingerprint density at radius 3 is 2.42 bits per heavy atom. The van der Waals surface area contributed by atoms with Crippen molar-refractivity contribution >= 4 is 45.4 Å². The van der Waals surface area contributed by atoms with Gasteiger partial charge in [-0.05, 0) is 53.5 Å². The second kappa shape index (κ2) is 14.4. The van der Waals surface area contributed by atoms with Crippen LogP contribution >= 0.6 is 0 Å². The number of amides is 2. The van der Waals surface area contributed by atoms with E-state index in [2.05, 4.69) is 15.0 Å². The van der Waals surface area contributed by atoms with Gasteiger partial charge in [0.2, 0.25) is 5.91 Å². The smallest absolute Gasteiger partial charge is 0.269 e. The predicted octanol–water partition coefficient (Wildman–Crippen LogP) is 5.63. The lowest BCUT2D eigenvalue weighted by atomic mass is 9.93. The molecule has 5 aromatic rings. The van der Waals surface area contributed by atoms with E-state index in [1.54, 1.807) is 42.0 Å². The van der Waals surface area contributed by atoms with E-state index in [4.69, 9.17) is 10.5 Å². The highest BCUT2D eigenvalue weighted by Gasteiger charge is 2.26. The van der Waals surface area contributed by atoms with Gasteiger partial charge < -0.3 is 35.1 Å². The number of aromatic nitrogens is 3. The summed E-state index contributed by atoms with van der Waals surface area (Å²) in [6, 6.07) is 16.4. The zero-order valence-corrected chi connectivity index (χ0v) is 29.5. The summed E-state index contributed by atoms with van der Waals surface area (Å²) in [7, 11) is 4.83. The number of ether oxygens (including phenoxy) is 1. The fourth-order valence-electron chi connectivity index (χ4n) is 7.08. The van der Waals surface area contributed by atoms with Crippen molar-refractivity contribution in [3.05, 3.63) is 96.0 Å². The van der Waals surface area contributed by atoms with Crippen molar-refractivity contribution in [2.24, 2.45) is 0 Å². The summed E-state index contributed by atoms with van der Waals surface area (Å²) in [5, 5.41) is 4.78. The number of halogens is 2. The van der Waals surface area contributed by atoms with Crippen LogP contribution in [0.15, 0.2) is 73.1 Å². The third kappa shape index (κ3) is 6.78. The minimum absolute atomic E-state index is 0.0173. The van der Waals surface area contributed by atoms with Crippen LogP contribution < -0.4 is 20.3 Å². The number of aromatic amines is 1. The van der Waals surface area contributed by atoms with Gasteiger partial charge in [0.05, 0.1) is 24.0 Å². The van der Waals surface area contributed by atoms with Crippen LogP contribution in [0.4, 0.5) is 25.8 Å². The fourth-order valence-corrected chi connectivity index (χ4v) is 7.08. The number of aryl methyl sites for hydroxylation is 1. The number of carbonyl (C=O) groups excluding carboxylic acids is 2. The molecule has 0 saturated carbocycles. The molecule has 4 heterocycles. The van der Waals surface area contributed by atoms with Crippen LogP contribution in [0.25, 0.3) is 27.6 Å². The lowest BCUT2D eigenvalue weighted by molar-refractivity contribution is -0.131. The van der Waals surface area contributed by atoms with E-state index >= 15 is 4.39 Å². The molecule has 270 valence electrons. The number of piperazine rings is 1. The van der Waals surface area contributed by atoms with E-state index < -0.39 is 5.82 Å². The third-order valence-electron chi connectivity index (χ3n) is 9.92. The molecule has 1 fully saturated rings. The largest absolute Gasteiger partial charge is 0.495 e. The number of nitrogens with zero attached hydrogens (tertiary/aromatic N) is 6. The van der Waals surface area contributed by atoms with E-state index in [0.717, 1.165) is 22.4 Å². The van der Waals surface area contributed by atoms with Crippen LogP contribution in [-0.4, -0.2) is 96.9 Å². The normalized spacial score (nSPS) is 14.9. The zero-order valence-electron chi connectivity index (χ0n) is 29.5. The third-order valence-corrected chi connectivity index (χ3v) is 9.92. The number of fused-ring (bicyclic) bond motifs is 1. The Kier molecular flexibility index (Phi) is 9.59. The van der Waals surface area contributed by atoms with Crippen LogP contribution in [0, 0.1) is 11.6 Å². The van der Waals surface area contributed by atoms with Gasteiger partial charge in [0.15, 0.2) is 5.82 Å². The molecule has 2 aliphatic rings. The molecule has 0 spiro atoms. The van der Waals surface area contributed by atoms with Gasteiger partial charge in [-0.3, -0.25) is 14.3 Å². The minimum Gasteiger partial charge on any atom is -0.495 e. The second-order valence-corrected chi connectivity index (χ2v) is 13.4. The summed E-state index contributed by atoms with van der Waals surface area (Å²) in [5.74, 6) is -0.676.